The molecule has 166 valence electrons. The van der Waals surface area contributed by atoms with E-state index in [9.17, 15) is 8.78 Å². The summed E-state index contributed by atoms with van der Waals surface area (Å²) in [4.78, 5) is 0. The highest BCUT2D eigenvalue weighted by Crippen LogP contribution is 2.47. The fraction of sp³-hybridized carbons (Fsp3) is 0.857. The van der Waals surface area contributed by atoms with Gasteiger partial charge in [0.15, 0.2) is 0 Å². The van der Waals surface area contributed by atoms with Crippen LogP contribution < -0.4 is 11.1 Å². The zero-order chi connectivity index (χ0) is 20.9. The van der Waals surface area contributed by atoms with Crippen LogP contribution in [0.15, 0.2) is 0 Å². The molecule has 3 N–H and O–H groups in total. The molecule has 6 nitrogen and oxygen atoms in total. The average Bonchev–Trinajstić information content (AvgIpc) is 3.17. The highest BCUT2D eigenvalue weighted by atomic mass is 19.3. The van der Waals surface area contributed by atoms with Gasteiger partial charge in [-0.05, 0) is 45.4 Å². The van der Waals surface area contributed by atoms with Gasteiger partial charge in [-0.25, -0.2) is 8.78 Å². The first-order valence-corrected chi connectivity index (χ1v) is 11.0. The van der Waals surface area contributed by atoms with E-state index in [0.29, 0.717) is 46.1 Å². The Morgan fingerprint density at radius 1 is 1.17 bits per heavy atom. The van der Waals surface area contributed by atoms with Crippen molar-refractivity contribution in [1.82, 2.24) is 15.1 Å². The van der Waals surface area contributed by atoms with E-state index in [1.54, 1.807) is 0 Å². The second-order valence-electron chi connectivity index (χ2n) is 8.51. The van der Waals surface area contributed by atoms with E-state index in [1.807, 2.05) is 13.8 Å². The normalized spacial score (nSPS) is 20.9. The fourth-order valence-corrected chi connectivity index (χ4v) is 4.80. The van der Waals surface area contributed by atoms with Gasteiger partial charge in [0.2, 0.25) is 0 Å². The molecule has 1 aromatic heterocycles. The number of alkyl halides is 2. The number of nitrogens with one attached hydrogen (secondary N) is 1. The van der Waals surface area contributed by atoms with Gasteiger partial charge in [-0.1, -0.05) is 0 Å². The Bertz CT molecular complexity index is 647. The van der Waals surface area contributed by atoms with Crippen molar-refractivity contribution in [3.8, 4) is 0 Å². The molecule has 0 aromatic carbocycles. The smallest absolute Gasteiger partial charge is 0.272 e. The number of hydrogen-bond donors (Lipinski definition) is 2. The van der Waals surface area contributed by atoms with Crippen molar-refractivity contribution in [2.75, 3.05) is 39.5 Å². The molecule has 0 atom stereocenters. The third kappa shape index (κ3) is 5.34. The molecular weight excluding hydrogens is 378 g/mol. The van der Waals surface area contributed by atoms with E-state index in [0.717, 1.165) is 42.6 Å². The molecule has 3 rings (SSSR count). The van der Waals surface area contributed by atoms with Crippen LogP contribution in [0.1, 0.15) is 62.4 Å². The summed E-state index contributed by atoms with van der Waals surface area (Å²) in [6, 6.07) is 0. The molecule has 29 heavy (non-hydrogen) atoms. The first kappa shape index (κ1) is 22.6. The van der Waals surface area contributed by atoms with E-state index >= 15 is 0 Å². The van der Waals surface area contributed by atoms with Crippen molar-refractivity contribution < 1.29 is 18.3 Å². The highest BCUT2D eigenvalue weighted by molar-refractivity contribution is 5.34. The van der Waals surface area contributed by atoms with Crippen molar-refractivity contribution in [1.29, 1.82) is 0 Å². The zero-order valence-electron chi connectivity index (χ0n) is 17.8. The summed E-state index contributed by atoms with van der Waals surface area (Å²) in [5.74, 6) is -2.43. The molecule has 0 unspecified atom stereocenters. The van der Waals surface area contributed by atoms with Crippen LogP contribution in [-0.2, 0) is 29.0 Å². The summed E-state index contributed by atoms with van der Waals surface area (Å²) in [6.45, 7) is 8.32. The third-order valence-electron chi connectivity index (χ3n) is 6.27. The van der Waals surface area contributed by atoms with E-state index < -0.39 is 5.92 Å². The molecule has 0 radical (unpaired) electrons. The molecular formula is C21H36F2N4O2. The standard InChI is InChI=1S/C21H36F2N4O2/c1-3-28-14-20(15-29-4-2)7-5-16(6-8-20)19-17(12-25-10-9-24)26-27-13-21(22,23)11-18(19)27/h16,25H,3-15,24H2,1-2H3. The van der Waals surface area contributed by atoms with E-state index in [1.165, 1.54) is 4.68 Å². The highest BCUT2D eigenvalue weighted by Gasteiger charge is 2.44. The SMILES string of the molecule is CCOCC1(COCC)CCC(c2c(CNCCN)nn3c2CC(F)(F)C3)CC1. The largest absolute Gasteiger partial charge is 0.381 e. The molecule has 2 aliphatic rings. The van der Waals surface area contributed by atoms with Gasteiger partial charge in [-0.15, -0.1) is 0 Å². The quantitative estimate of drug-likeness (QED) is 0.545. The predicted molar refractivity (Wildman–Crippen MR) is 108 cm³/mol. The lowest BCUT2D eigenvalue weighted by atomic mass is 9.69. The Morgan fingerprint density at radius 2 is 1.83 bits per heavy atom. The summed E-state index contributed by atoms with van der Waals surface area (Å²) in [5.41, 5.74) is 8.30. The third-order valence-corrected chi connectivity index (χ3v) is 6.27. The van der Waals surface area contributed by atoms with Crippen LogP contribution in [0.25, 0.3) is 0 Å². The molecule has 1 aliphatic heterocycles. The molecule has 1 saturated carbocycles. The first-order chi connectivity index (χ1) is 13.9. The number of aromatic nitrogens is 2. The van der Waals surface area contributed by atoms with E-state index in [-0.39, 0.29) is 24.3 Å². The minimum absolute atomic E-state index is 0.0285. The number of ether oxygens (including phenoxy) is 2. The number of rotatable bonds is 11. The first-order valence-electron chi connectivity index (χ1n) is 11.0. The number of nitrogens with two attached hydrogens (primary N) is 1. The number of fused-ring (bicyclic) bond motifs is 1. The van der Waals surface area contributed by atoms with Gasteiger partial charge >= 0.3 is 0 Å². The Balaban J connectivity index is 1.76. The van der Waals surface area contributed by atoms with Crippen molar-refractivity contribution >= 4 is 0 Å². The Morgan fingerprint density at radius 3 is 2.41 bits per heavy atom. The lowest BCUT2D eigenvalue weighted by Crippen LogP contribution is -2.36. The maximum atomic E-state index is 14.0. The van der Waals surface area contributed by atoms with Gasteiger partial charge in [0.05, 0.1) is 25.3 Å². The second-order valence-corrected chi connectivity index (χ2v) is 8.51. The summed E-state index contributed by atoms with van der Waals surface area (Å²) in [7, 11) is 0. The molecule has 0 amide bonds. The van der Waals surface area contributed by atoms with Crippen LogP contribution >= 0.6 is 0 Å². The Hall–Kier alpha value is -1.09. The van der Waals surface area contributed by atoms with Crippen molar-refractivity contribution in [2.45, 2.75) is 70.9 Å². The number of halogens is 2. The maximum absolute atomic E-state index is 14.0. The molecule has 1 fully saturated rings. The van der Waals surface area contributed by atoms with E-state index in [4.69, 9.17) is 15.2 Å². The van der Waals surface area contributed by atoms with Gasteiger partial charge in [0, 0.05) is 49.5 Å². The maximum Gasteiger partial charge on any atom is 0.272 e. The minimum atomic E-state index is -2.69. The summed E-state index contributed by atoms with van der Waals surface area (Å²) in [6.07, 6.45) is 3.66. The van der Waals surface area contributed by atoms with E-state index in [2.05, 4.69) is 10.4 Å². The molecule has 0 bridgehead atoms. The topological polar surface area (TPSA) is 74.3 Å². The van der Waals surface area contributed by atoms with Crippen LogP contribution in [0, 0.1) is 5.41 Å². The van der Waals surface area contributed by atoms with Crippen molar-refractivity contribution in [2.24, 2.45) is 11.1 Å². The second kappa shape index (κ2) is 9.81. The van der Waals surface area contributed by atoms with Crippen molar-refractivity contribution in [3.63, 3.8) is 0 Å². The van der Waals surface area contributed by atoms with Gasteiger partial charge in [0.1, 0.15) is 6.54 Å². The molecule has 1 aromatic rings. The van der Waals surface area contributed by atoms with Gasteiger partial charge in [-0.2, -0.15) is 5.10 Å². The van der Waals surface area contributed by atoms with Crippen LogP contribution in [0.3, 0.4) is 0 Å². The summed E-state index contributed by atoms with van der Waals surface area (Å²) >= 11 is 0. The monoisotopic (exact) mass is 414 g/mol. The Kier molecular flexibility index (Phi) is 7.64. The minimum Gasteiger partial charge on any atom is -0.381 e. The summed E-state index contributed by atoms with van der Waals surface area (Å²) < 4.78 is 41.1. The molecule has 0 spiro atoms. The van der Waals surface area contributed by atoms with Gasteiger partial charge < -0.3 is 20.5 Å². The molecule has 0 saturated heterocycles. The lowest BCUT2D eigenvalue weighted by molar-refractivity contribution is -0.0396. The van der Waals surface area contributed by atoms with Gasteiger partial charge in [0.25, 0.3) is 5.92 Å². The fourth-order valence-electron chi connectivity index (χ4n) is 4.80. The number of nitrogens with zero attached hydrogens (tertiary/aromatic N) is 2. The van der Waals surface area contributed by atoms with Crippen LogP contribution in [-0.4, -0.2) is 55.2 Å². The molecule has 8 heteroatoms. The van der Waals surface area contributed by atoms with Crippen LogP contribution in [0.4, 0.5) is 8.78 Å². The van der Waals surface area contributed by atoms with Crippen LogP contribution in [0.5, 0.6) is 0 Å². The number of hydrogen-bond acceptors (Lipinski definition) is 5. The zero-order valence-corrected chi connectivity index (χ0v) is 17.8. The summed E-state index contributed by atoms with van der Waals surface area (Å²) in [5, 5.41) is 7.84. The molecule has 1 aliphatic carbocycles. The van der Waals surface area contributed by atoms with Crippen LogP contribution in [0.2, 0.25) is 0 Å². The predicted octanol–water partition coefficient (Wildman–Crippen LogP) is 2.84. The lowest BCUT2D eigenvalue weighted by Gasteiger charge is -2.40. The average molecular weight is 415 g/mol. The van der Waals surface area contributed by atoms with Gasteiger partial charge in [-0.3, -0.25) is 4.68 Å². The Labute approximate surface area is 172 Å². The van der Waals surface area contributed by atoms with Crippen molar-refractivity contribution in [3.05, 3.63) is 17.0 Å². The molecule has 2 heterocycles.